The summed E-state index contributed by atoms with van der Waals surface area (Å²) in [5.41, 5.74) is -1.17. The normalized spacial score (nSPS) is 44.2. The van der Waals surface area contributed by atoms with Crippen LogP contribution in [-0.2, 0) is 0 Å². The van der Waals surface area contributed by atoms with Crippen LogP contribution in [0.5, 0.6) is 0 Å². The van der Waals surface area contributed by atoms with Crippen LogP contribution in [0.4, 0.5) is 0 Å². The van der Waals surface area contributed by atoms with Gasteiger partial charge in [0, 0.05) is 5.41 Å². The second-order valence-electron chi connectivity index (χ2n) is 8.85. The van der Waals surface area contributed by atoms with Gasteiger partial charge in [0.05, 0.1) is 11.2 Å². The SMILES string of the molecule is C=CC(=C)CC[C@]1(O)[C@](C)(O)CC[C@H]2C(C)(C)CCC[C@]21C. The van der Waals surface area contributed by atoms with Crippen LogP contribution >= 0.6 is 0 Å². The van der Waals surface area contributed by atoms with E-state index in [9.17, 15) is 10.2 Å². The first-order valence-electron chi connectivity index (χ1n) is 8.75. The zero-order chi connectivity index (χ0) is 16.8. The van der Waals surface area contributed by atoms with Crippen molar-refractivity contribution in [2.24, 2.45) is 16.7 Å². The van der Waals surface area contributed by atoms with Crippen molar-refractivity contribution in [3.05, 3.63) is 24.8 Å². The van der Waals surface area contributed by atoms with Gasteiger partial charge in [-0.05, 0) is 56.8 Å². The molecule has 2 N–H and O–H groups in total. The third-order valence-electron chi connectivity index (χ3n) is 7.08. The molecule has 0 aromatic carbocycles. The highest BCUT2D eigenvalue weighted by atomic mass is 16.4. The monoisotopic (exact) mass is 306 g/mol. The van der Waals surface area contributed by atoms with E-state index in [1.807, 2.05) is 6.92 Å². The Morgan fingerprint density at radius 3 is 2.36 bits per heavy atom. The van der Waals surface area contributed by atoms with Gasteiger partial charge in [-0.25, -0.2) is 0 Å². The molecule has 0 spiro atoms. The fraction of sp³-hybridized carbons (Fsp3) is 0.800. The first kappa shape index (κ1) is 17.7. The average Bonchev–Trinajstić information content (AvgIpc) is 2.41. The van der Waals surface area contributed by atoms with Gasteiger partial charge in [-0.1, -0.05) is 52.0 Å². The van der Waals surface area contributed by atoms with Gasteiger partial charge in [0.25, 0.3) is 0 Å². The van der Waals surface area contributed by atoms with Crippen molar-refractivity contribution in [2.45, 2.75) is 83.8 Å². The molecule has 2 aliphatic carbocycles. The topological polar surface area (TPSA) is 40.5 Å². The second kappa shape index (κ2) is 5.49. The molecule has 0 saturated heterocycles. The third-order valence-corrected chi connectivity index (χ3v) is 7.08. The van der Waals surface area contributed by atoms with Crippen LogP contribution < -0.4 is 0 Å². The lowest BCUT2D eigenvalue weighted by molar-refractivity contribution is -0.273. The maximum atomic E-state index is 11.7. The molecule has 0 bridgehead atoms. The highest BCUT2D eigenvalue weighted by Gasteiger charge is 2.65. The Balaban J connectivity index is 2.41. The fourth-order valence-corrected chi connectivity index (χ4v) is 5.57. The summed E-state index contributed by atoms with van der Waals surface area (Å²) in [7, 11) is 0. The summed E-state index contributed by atoms with van der Waals surface area (Å²) in [4.78, 5) is 0. The number of allylic oxidation sites excluding steroid dienone is 2. The molecule has 2 saturated carbocycles. The Morgan fingerprint density at radius 1 is 1.14 bits per heavy atom. The van der Waals surface area contributed by atoms with Crippen LogP contribution in [-0.4, -0.2) is 21.4 Å². The lowest BCUT2D eigenvalue weighted by Crippen LogP contribution is -2.69. The van der Waals surface area contributed by atoms with Crippen LogP contribution in [0.3, 0.4) is 0 Å². The Labute approximate surface area is 136 Å². The predicted octanol–water partition coefficient (Wildman–Crippen LogP) is 4.62. The molecular weight excluding hydrogens is 272 g/mol. The van der Waals surface area contributed by atoms with Crippen molar-refractivity contribution < 1.29 is 10.2 Å². The maximum Gasteiger partial charge on any atom is 0.0989 e. The molecule has 2 aliphatic rings. The lowest BCUT2D eigenvalue weighted by Gasteiger charge is -2.65. The fourth-order valence-electron chi connectivity index (χ4n) is 5.57. The van der Waals surface area contributed by atoms with Crippen molar-refractivity contribution in [3.63, 3.8) is 0 Å². The molecule has 0 aromatic rings. The zero-order valence-corrected chi connectivity index (χ0v) is 14.9. The molecule has 2 nitrogen and oxygen atoms in total. The number of aliphatic hydroxyl groups is 2. The van der Waals surface area contributed by atoms with Crippen molar-refractivity contribution in [2.75, 3.05) is 0 Å². The summed E-state index contributed by atoms with van der Waals surface area (Å²) < 4.78 is 0. The number of rotatable bonds is 4. The molecule has 0 aliphatic heterocycles. The molecule has 126 valence electrons. The molecule has 22 heavy (non-hydrogen) atoms. The van der Waals surface area contributed by atoms with E-state index in [2.05, 4.69) is 33.9 Å². The molecule has 2 fully saturated rings. The van der Waals surface area contributed by atoms with E-state index in [4.69, 9.17) is 0 Å². The van der Waals surface area contributed by atoms with Crippen LogP contribution in [0, 0.1) is 16.7 Å². The Hall–Kier alpha value is -0.600. The molecule has 2 heteroatoms. The van der Waals surface area contributed by atoms with Crippen molar-refractivity contribution in [1.29, 1.82) is 0 Å². The van der Waals surface area contributed by atoms with E-state index < -0.39 is 11.2 Å². The molecule has 0 amide bonds. The molecule has 0 aromatic heterocycles. The summed E-state index contributed by atoms with van der Waals surface area (Å²) >= 11 is 0. The van der Waals surface area contributed by atoms with E-state index in [0.717, 1.165) is 24.8 Å². The predicted molar refractivity (Wildman–Crippen MR) is 92.6 cm³/mol. The number of hydrogen-bond acceptors (Lipinski definition) is 2. The summed E-state index contributed by atoms with van der Waals surface area (Å²) in [5.74, 6) is 0.455. The number of fused-ring (bicyclic) bond motifs is 1. The summed E-state index contributed by atoms with van der Waals surface area (Å²) in [6.07, 6.45) is 8.02. The van der Waals surface area contributed by atoms with E-state index in [1.165, 1.54) is 6.42 Å². The average molecular weight is 306 g/mol. The van der Waals surface area contributed by atoms with Gasteiger partial charge < -0.3 is 10.2 Å². The highest BCUT2D eigenvalue weighted by molar-refractivity contribution is 5.19. The van der Waals surface area contributed by atoms with Gasteiger partial charge in [-0.3, -0.25) is 0 Å². The molecule has 2 rings (SSSR count). The van der Waals surface area contributed by atoms with Crippen molar-refractivity contribution in [3.8, 4) is 0 Å². The zero-order valence-electron chi connectivity index (χ0n) is 14.9. The quantitative estimate of drug-likeness (QED) is 0.744. The Kier molecular flexibility index (Phi) is 4.43. The minimum Gasteiger partial charge on any atom is -0.387 e. The molecular formula is C20H34O2. The summed E-state index contributed by atoms with van der Waals surface area (Å²) in [6.45, 7) is 16.4. The first-order valence-corrected chi connectivity index (χ1v) is 8.75. The standard InChI is InChI=1S/C20H34O2/c1-7-15(2)9-14-20(22)18(5)12-8-11-17(3,4)16(18)10-13-19(20,6)21/h7,16,21-22H,1-2,8-14H2,3-6H3/t16-,18+,19+,20+/m0/s1. The smallest absolute Gasteiger partial charge is 0.0989 e. The van der Waals surface area contributed by atoms with Crippen LogP contribution in [0.25, 0.3) is 0 Å². The first-order chi connectivity index (χ1) is 10.0. The van der Waals surface area contributed by atoms with Crippen molar-refractivity contribution in [1.82, 2.24) is 0 Å². The molecule has 0 heterocycles. The third kappa shape index (κ3) is 2.49. The van der Waals surface area contributed by atoms with E-state index in [0.29, 0.717) is 25.2 Å². The maximum absolute atomic E-state index is 11.7. The van der Waals surface area contributed by atoms with Gasteiger partial charge in [0.1, 0.15) is 0 Å². The van der Waals surface area contributed by atoms with E-state index in [1.54, 1.807) is 6.08 Å². The Morgan fingerprint density at radius 2 is 1.77 bits per heavy atom. The second-order valence-corrected chi connectivity index (χ2v) is 8.85. The minimum atomic E-state index is -1.06. The molecule has 0 unspecified atom stereocenters. The van der Waals surface area contributed by atoms with Crippen LogP contribution in [0.15, 0.2) is 24.8 Å². The van der Waals surface area contributed by atoms with E-state index >= 15 is 0 Å². The van der Waals surface area contributed by atoms with Gasteiger partial charge in [-0.2, -0.15) is 0 Å². The molecule has 4 atom stereocenters. The minimum absolute atomic E-state index is 0.229. The summed E-state index contributed by atoms with van der Waals surface area (Å²) in [6, 6.07) is 0. The van der Waals surface area contributed by atoms with Gasteiger partial charge in [0.2, 0.25) is 0 Å². The van der Waals surface area contributed by atoms with Crippen LogP contribution in [0.2, 0.25) is 0 Å². The van der Waals surface area contributed by atoms with Gasteiger partial charge in [-0.15, -0.1) is 0 Å². The largest absolute Gasteiger partial charge is 0.387 e. The summed E-state index contributed by atoms with van der Waals surface area (Å²) in [5, 5.41) is 22.8. The lowest BCUT2D eigenvalue weighted by atomic mass is 9.43. The Bertz CT molecular complexity index is 462. The highest BCUT2D eigenvalue weighted by Crippen LogP contribution is 2.64. The molecule has 0 radical (unpaired) electrons. The van der Waals surface area contributed by atoms with Crippen LogP contribution in [0.1, 0.15) is 72.6 Å². The number of hydrogen-bond donors (Lipinski definition) is 2. The van der Waals surface area contributed by atoms with Crippen molar-refractivity contribution >= 4 is 0 Å². The van der Waals surface area contributed by atoms with Gasteiger partial charge >= 0.3 is 0 Å². The van der Waals surface area contributed by atoms with Gasteiger partial charge in [0.15, 0.2) is 0 Å². The van der Waals surface area contributed by atoms with E-state index in [-0.39, 0.29) is 10.8 Å².